The number of hydrogen-bond donors (Lipinski definition) is 2. The SMILES string of the molecule is Cc1ccc(C[NH+](C)[C@@H](C)C(=O)Nc2ccc(C(F)(F)F)cc2)o1. The van der Waals surface area contributed by atoms with Gasteiger partial charge >= 0.3 is 6.18 Å². The molecule has 0 bridgehead atoms. The number of furan rings is 1. The van der Waals surface area contributed by atoms with E-state index in [1.54, 1.807) is 6.92 Å². The lowest BCUT2D eigenvalue weighted by atomic mass is 10.2. The van der Waals surface area contributed by atoms with Crippen molar-refractivity contribution in [1.29, 1.82) is 0 Å². The van der Waals surface area contributed by atoms with Crippen LogP contribution >= 0.6 is 0 Å². The van der Waals surface area contributed by atoms with Crippen LogP contribution in [0.3, 0.4) is 0 Å². The highest BCUT2D eigenvalue weighted by atomic mass is 19.4. The molecule has 1 aromatic carbocycles. The summed E-state index contributed by atoms with van der Waals surface area (Å²) in [5.74, 6) is 1.31. The highest BCUT2D eigenvalue weighted by Crippen LogP contribution is 2.29. The van der Waals surface area contributed by atoms with Crippen LogP contribution in [0.5, 0.6) is 0 Å². The molecule has 1 unspecified atom stereocenters. The average molecular weight is 341 g/mol. The van der Waals surface area contributed by atoms with Gasteiger partial charge in [0.05, 0.1) is 12.6 Å². The van der Waals surface area contributed by atoms with Gasteiger partial charge in [-0.05, 0) is 50.2 Å². The molecule has 1 aromatic heterocycles. The van der Waals surface area contributed by atoms with Crippen molar-refractivity contribution in [2.45, 2.75) is 32.6 Å². The van der Waals surface area contributed by atoms with E-state index in [-0.39, 0.29) is 5.91 Å². The van der Waals surface area contributed by atoms with Gasteiger partial charge in [0.15, 0.2) is 11.8 Å². The molecule has 0 radical (unpaired) electrons. The highest BCUT2D eigenvalue weighted by Gasteiger charge is 2.30. The first-order valence-corrected chi connectivity index (χ1v) is 7.52. The summed E-state index contributed by atoms with van der Waals surface area (Å²) in [4.78, 5) is 13.2. The Morgan fingerprint density at radius 3 is 2.33 bits per heavy atom. The van der Waals surface area contributed by atoms with Crippen LogP contribution in [0.25, 0.3) is 0 Å². The van der Waals surface area contributed by atoms with Gasteiger partial charge < -0.3 is 14.6 Å². The first-order valence-electron chi connectivity index (χ1n) is 7.52. The summed E-state index contributed by atoms with van der Waals surface area (Å²) in [6.45, 7) is 4.14. The van der Waals surface area contributed by atoms with Gasteiger partial charge in [0.2, 0.25) is 0 Å². The number of nitrogens with one attached hydrogen (secondary N) is 2. The van der Waals surface area contributed by atoms with Crippen LogP contribution in [0, 0.1) is 6.92 Å². The fraction of sp³-hybridized carbons (Fsp3) is 0.353. The number of carbonyl (C=O) groups is 1. The van der Waals surface area contributed by atoms with Crippen LogP contribution in [-0.2, 0) is 17.5 Å². The summed E-state index contributed by atoms with van der Waals surface area (Å²) < 4.78 is 43.1. The molecule has 0 fully saturated rings. The van der Waals surface area contributed by atoms with Crippen molar-refractivity contribution in [3.63, 3.8) is 0 Å². The molecule has 7 heteroatoms. The number of quaternary nitrogens is 1. The van der Waals surface area contributed by atoms with Gasteiger partial charge in [-0.2, -0.15) is 13.2 Å². The molecule has 4 nitrogen and oxygen atoms in total. The lowest BCUT2D eigenvalue weighted by Gasteiger charge is -2.20. The molecule has 2 aromatic rings. The van der Waals surface area contributed by atoms with Crippen LogP contribution < -0.4 is 10.2 Å². The molecule has 0 aliphatic heterocycles. The maximum atomic E-state index is 12.5. The van der Waals surface area contributed by atoms with Crippen LogP contribution in [-0.4, -0.2) is 19.0 Å². The maximum Gasteiger partial charge on any atom is 0.416 e. The van der Waals surface area contributed by atoms with E-state index in [0.29, 0.717) is 12.2 Å². The Morgan fingerprint density at radius 1 is 1.21 bits per heavy atom. The highest BCUT2D eigenvalue weighted by molar-refractivity contribution is 5.93. The summed E-state index contributed by atoms with van der Waals surface area (Å²) in [5, 5.41) is 2.63. The topological polar surface area (TPSA) is 46.7 Å². The van der Waals surface area contributed by atoms with E-state index in [0.717, 1.165) is 28.6 Å². The standard InChI is InChI=1S/C17H19F3N2O2/c1-11-4-9-15(24-11)10-22(3)12(2)16(23)21-14-7-5-13(6-8-14)17(18,19)20/h4-9,12H,10H2,1-3H3,(H,21,23)/p+1/t12-/m0/s1. The first-order chi connectivity index (χ1) is 11.2. The quantitative estimate of drug-likeness (QED) is 0.878. The molecular formula is C17H20F3N2O2+. The van der Waals surface area contributed by atoms with E-state index in [2.05, 4.69) is 5.32 Å². The molecule has 1 amide bonds. The van der Waals surface area contributed by atoms with E-state index in [9.17, 15) is 18.0 Å². The minimum Gasteiger partial charge on any atom is -0.460 e. The predicted molar refractivity (Wildman–Crippen MR) is 83.6 cm³/mol. The molecule has 0 saturated heterocycles. The van der Waals surface area contributed by atoms with E-state index >= 15 is 0 Å². The number of carbonyl (C=O) groups excluding carboxylic acids is 1. The zero-order valence-corrected chi connectivity index (χ0v) is 13.7. The Labute approximate surface area is 138 Å². The summed E-state index contributed by atoms with van der Waals surface area (Å²) in [7, 11) is 1.86. The van der Waals surface area contributed by atoms with Gasteiger partial charge in [-0.3, -0.25) is 4.79 Å². The third-order valence-electron chi connectivity index (χ3n) is 3.86. The number of benzene rings is 1. The lowest BCUT2D eigenvalue weighted by Crippen LogP contribution is -3.12. The van der Waals surface area contributed by atoms with Gasteiger partial charge in [0, 0.05) is 5.69 Å². The second-order valence-electron chi connectivity index (χ2n) is 5.82. The minimum absolute atomic E-state index is 0.268. The van der Waals surface area contributed by atoms with Crippen molar-refractivity contribution >= 4 is 11.6 Å². The maximum absolute atomic E-state index is 12.5. The summed E-state index contributed by atoms with van der Waals surface area (Å²) in [6.07, 6.45) is -4.39. The van der Waals surface area contributed by atoms with E-state index in [4.69, 9.17) is 4.42 Å². The first kappa shape index (κ1) is 18.1. The molecule has 1 heterocycles. The number of halogens is 3. The Bertz CT molecular complexity index is 693. The smallest absolute Gasteiger partial charge is 0.416 e. The number of anilines is 1. The van der Waals surface area contributed by atoms with Crippen molar-refractivity contribution in [1.82, 2.24) is 0 Å². The Kier molecular flexibility index (Phi) is 5.33. The minimum atomic E-state index is -4.39. The number of hydrogen-bond acceptors (Lipinski definition) is 2. The van der Waals surface area contributed by atoms with Gasteiger partial charge in [0.25, 0.3) is 5.91 Å². The van der Waals surface area contributed by atoms with Crippen LogP contribution in [0.1, 0.15) is 24.0 Å². The average Bonchev–Trinajstić information content (AvgIpc) is 2.91. The van der Waals surface area contributed by atoms with Crippen molar-refractivity contribution < 1.29 is 27.3 Å². The van der Waals surface area contributed by atoms with Crippen LogP contribution in [0.15, 0.2) is 40.8 Å². The molecule has 2 N–H and O–H groups in total. The number of likely N-dealkylation sites (N-methyl/N-ethyl adjacent to an activating group) is 1. The largest absolute Gasteiger partial charge is 0.460 e. The molecular weight excluding hydrogens is 321 g/mol. The second-order valence-corrected chi connectivity index (χ2v) is 5.82. The predicted octanol–water partition coefficient (Wildman–Crippen LogP) is 2.65. The van der Waals surface area contributed by atoms with Crippen LogP contribution in [0.2, 0.25) is 0 Å². The molecule has 130 valence electrons. The third kappa shape index (κ3) is 4.61. The number of aryl methyl sites for hydroxylation is 1. The van der Waals surface area contributed by atoms with Gasteiger partial charge in [-0.25, -0.2) is 0 Å². The van der Waals surface area contributed by atoms with Gasteiger partial charge in [-0.1, -0.05) is 0 Å². The number of rotatable bonds is 5. The monoisotopic (exact) mass is 341 g/mol. The Morgan fingerprint density at radius 2 is 1.83 bits per heavy atom. The summed E-state index contributed by atoms with van der Waals surface area (Å²) in [6, 6.07) is 7.72. The van der Waals surface area contributed by atoms with E-state index in [1.165, 1.54) is 12.1 Å². The van der Waals surface area contributed by atoms with Crippen molar-refractivity contribution in [3.8, 4) is 0 Å². The third-order valence-corrected chi connectivity index (χ3v) is 3.86. The molecule has 0 aliphatic carbocycles. The molecule has 24 heavy (non-hydrogen) atoms. The van der Waals surface area contributed by atoms with Crippen LogP contribution in [0.4, 0.5) is 18.9 Å². The zero-order valence-electron chi connectivity index (χ0n) is 13.7. The van der Waals surface area contributed by atoms with E-state index < -0.39 is 17.8 Å². The van der Waals surface area contributed by atoms with Gasteiger partial charge in [-0.15, -0.1) is 0 Å². The second kappa shape index (κ2) is 7.09. The summed E-state index contributed by atoms with van der Waals surface area (Å²) >= 11 is 0. The molecule has 0 spiro atoms. The lowest BCUT2D eigenvalue weighted by molar-refractivity contribution is -0.908. The molecule has 0 saturated carbocycles. The van der Waals surface area contributed by atoms with Crippen molar-refractivity contribution in [2.24, 2.45) is 0 Å². The number of amides is 1. The molecule has 2 atom stereocenters. The van der Waals surface area contributed by atoms with Gasteiger partial charge in [0.1, 0.15) is 12.3 Å². The normalized spacial score (nSPS) is 14.2. The Hall–Kier alpha value is -2.28. The van der Waals surface area contributed by atoms with E-state index in [1.807, 2.05) is 26.1 Å². The fourth-order valence-electron chi connectivity index (χ4n) is 2.22. The van der Waals surface area contributed by atoms with Crippen molar-refractivity contribution in [2.75, 3.05) is 12.4 Å². The summed E-state index contributed by atoms with van der Waals surface area (Å²) in [5.41, 5.74) is -0.411. The van der Waals surface area contributed by atoms with Crippen molar-refractivity contribution in [3.05, 3.63) is 53.5 Å². The fourth-order valence-corrected chi connectivity index (χ4v) is 2.22. The zero-order chi connectivity index (χ0) is 17.9. The molecule has 2 rings (SSSR count). The Balaban J connectivity index is 1.95. The number of alkyl halides is 3. The molecule has 0 aliphatic rings.